The highest BCUT2D eigenvalue weighted by Gasteiger charge is 2.48. The van der Waals surface area contributed by atoms with Crippen LogP contribution in [-0.4, -0.2) is 130 Å². The lowest BCUT2D eigenvalue weighted by Crippen LogP contribution is -2.56. The van der Waals surface area contributed by atoms with Crippen LogP contribution in [0.4, 0.5) is 14.4 Å². The molecule has 0 saturated carbocycles. The second-order valence-electron chi connectivity index (χ2n) is 15.9. The van der Waals surface area contributed by atoms with Gasteiger partial charge >= 0.3 is 30.2 Å². The highest BCUT2D eigenvalue weighted by molar-refractivity contribution is 5.82. The van der Waals surface area contributed by atoms with Crippen LogP contribution >= 0.6 is 0 Å². The van der Waals surface area contributed by atoms with Gasteiger partial charge in [-0.1, -0.05) is 0 Å². The minimum absolute atomic E-state index is 0.00525. The van der Waals surface area contributed by atoms with Crippen LogP contribution in [0.15, 0.2) is 0 Å². The van der Waals surface area contributed by atoms with Crippen molar-refractivity contribution in [2.75, 3.05) is 42.4 Å². The predicted molar refractivity (Wildman–Crippen MR) is 188 cm³/mol. The van der Waals surface area contributed by atoms with Gasteiger partial charge in [0.15, 0.2) is 0 Å². The molecule has 4 saturated heterocycles. The summed E-state index contributed by atoms with van der Waals surface area (Å²) in [6.45, 7) is 10.7. The summed E-state index contributed by atoms with van der Waals surface area (Å²) in [5.74, 6) is -0.859. The second kappa shape index (κ2) is 18.8. The van der Waals surface area contributed by atoms with E-state index in [4.69, 9.17) is 18.9 Å². The van der Waals surface area contributed by atoms with Crippen LogP contribution in [0.25, 0.3) is 0 Å². The van der Waals surface area contributed by atoms with Gasteiger partial charge in [0.05, 0.1) is 14.2 Å². The number of rotatable bonds is 6. The SMILES string of the molecule is CNC.COC(=O)C(NC(=O)OC(C)(C)C)C1CC2CCC(C1)N2.COC(=O)C(NC(=O)OC(C)(C)C)C1CC2CCC(C1)N2C(=O)N(C)C. The Balaban J connectivity index is 0.000000327. The molecule has 15 heteroatoms. The Bertz CT molecular complexity index is 1130. The molecule has 0 radical (unpaired) electrons. The Hall–Kier alpha value is -3.33. The van der Waals surface area contributed by atoms with Gasteiger partial charge in [0.2, 0.25) is 0 Å². The molecule has 4 amide bonds. The van der Waals surface area contributed by atoms with Crippen LogP contribution in [0.1, 0.15) is 92.9 Å². The lowest BCUT2D eigenvalue weighted by molar-refractivity contribution is -0.146. The molecule has 0 aliphatic carbocycles. The minimum atomic E-state index is -0.769. The molecule has 4 N–H and O–H groups in total. The Kier molecular flexibility index (Phi) is 16.1. The summed E-state index contributed by atoms with van der Waals surface area (Å²) in [5.41, 5.74) is -1.23. The zero-order chi connectivity index (χ0) is 38.0. The first-order valence-corrected chi connectivity index (χ1v) is 17.7. The molecule has 288 valence electrons. The standard InChI is InChI=1S/C18H31N3O5.C15H26N2O4.C2H7N/c1-18(2,3)26-16(23)19-14(15(22)25-6)11-9-12-7-8-13(10-11)21(12)17(24)20(4)5;1-15(2,3)21-14(19)17-12(13(18)20-4)9-7-10-5-6-11(8-9)16-10;1-3-2/h11-14H,7-10H2,1-6H3,(H,19,23);9-12,16H,5-8H2,1-4H3,(H,17,19);3H,1-2H3. The van der Waals surface area contributed by atoms with Gasteiger partial charge in [-0.05, 0) is 119 Å². The van der Waals surface area contributed by atoms with E-state index < -0.39 is 47.4 Å². The molecule has 0 aromatic carbocycles. The van der Waals surface area contributed by atoms with E-state index in [9.17, 15) is 24.0 Å². The number of amides is 4. The second-order valence-corrected chi connectivity index (χ2v) is 15.9. The average Bonchev–Trinajstić information content (AvgIpc) is 3.48. The Morgan fingerprint density at radius 2 is 1.04 bits per heavy atom. The monoisotopic (exact) mass is 712 g/mol. The van der Waals surface area contributed by atoms with E-state index in [-0.39, 0.29) is 30.0 Å². The molecule has 15 nitrogen and oxygen atoms in total. The molecule has 4 rings (SSSR count). The maximum absolute atomic E-state index is 12.4. The fourth-order valence-corrected chi connectivity index (χ4v) is 7.27. The summed E-state index contributed by atoms with van der Waals surface area (Å²) in [7, 11) is 9.90. The summed E-state index contributed by atoms with van der Waals surface area (Å²) in [6, 6.07) is -0.333. The third-order valence-electron chi connectivity index (χ3n) is 9.08. The summed E-state index contributed by atoms with van der Waals surface area (Å²) < 4.78 is 20.3. The van der Waals surface area contributed by atoms with Crippen LogP contribution in [-0.2, 0) is 28.5 Å². The van der Waals surface area contributed by atoms with Crippen molar-refractivity contribution in [1.82, 2.24) is 31.1 Å². The first-order valence-electron chi connectivity index (χ1n) is 17.7. The first-order chi connectivity index (χ1) is 23.2. The Morgan fingerprint density at radius 3 is 1.36 bits per heavy atom. The molecule has 50 heavy (non-hydrogen) atoms. The van der Waals surface area contributed by atoms with Gasteiger partial charge in [-0.25, -0.2) is 24.0 Å². The largest absolute Gasteiger partial charge is 0.467 e. The number of hydrogen-bond donors (Lipinski definition) is 4. The number of esters is 2. The molecule has 0 spiro atoms. The van der Waals surface area contributed by atoms with E-state index in [1.165, 1.54) is 14.2 Å². The number of methoxy groups -OCH3 is 2. The molecule has 4 aliphatic heterocycles. The number of nitrogens with one attached hydrogen (secondary N) is 4. The van der Waals surface area contributed by atoms with E-state index in [0.717, 1.165) is 38.5 Å². The number of urea groups is 1. The number of carbonyl (C=O) groups is 5. The molecule has 4 heterocycles. The van der Waals surface area contributed by atoms with E-state index in [2.05, 4.69) is 21.3 Å². The van der Waals surface area contributed by atoms with Crippen molar-refractivity contribution in [3.8, 4) is 0 Å². The van der Waals surface area contributed by atoms with Gasteiger partial charge in [0.1, 0.15) is 23.3 Å². The zero-order valence-electron chi connectivity index (χ0n) is 32.3. The number of piperidine rings is 2. The van der Waals surface area contributed by atoms with Crippen LogP contribution < -0.4 is 21.3 Å². The number of alkyl carbamates (subject to hydrolysis) is 2. The molecule has 0 aromatic rings. The smallest absolute Gasteiger partial charge is 0.408 e. The third-order valence-corrected chi connectivity index (χ3v) is 9.08. The molecule has 0 aromatic heterocycles. The highest BCUT2D eigenvalue weighted by atomic mass is 16.6. The van der Waals surface area contributed by atoms with Crippen LogP contribution in [0.2, 0.25) is 0 Å². The minimum Gasteiger partial charge on any atom is -0.467 e. The van der Waals surface area contributed by atoms with Crippen molar-refractivity contribution in [3.05, 3.63) is 0 Å². The molecule has 6 atom stereocenters. The maximum atomic E-state index is 12.4. The molecular formula is C35H64N6O9. The van der Waals surface area contributed by atoms with Crippen molar-refractivity contribution in [2.45, 2.75) is 140 Å². The van der Waals surface area contributed by atoms with E-state index >= 15 is 0 Å². The van der Waals surface area contributed by atoms with Gasteiger partial charge in [-0.3, -0.25) is 0 Å². The number of nitrogens with zero attached hydrogens (tertiary/aromatic N) is 2. The van der Waals surface area contributed by atoms with E-state index in [1.54, 1.807) is 60.5 Å². The molecular weight excluding hydrogens is 648 g/mol. The van der Waals surface area contributed by atoms with Gasteiger partial charge < -0.3 is 50.0 Å². The van der Waals surface area contributed by atoms with Crippen molar-refractivity contribution < 1.29 is 42.9 Å². The van der Waals surface area contributed by atoms with Crippen molar-refractivity contribution in [3.63, 3.8) is 0 Å². The van der Waals surface area contributed by atoms with E-state index in [0.29, 0.717) is 24.9 Å². The maximum Gasteiger partial charge on any atom is 0.408 e. The molecule has 4 fully saturated rings. The molecule has 4 bridgehead atoms. The van der Waals surface area contributed by atoms with Crippen LogP contribution in [0.3, 0.4) is 0 Å². The summed E-state index contributed by atoms with van der Waals surface area (Å²) in [4.78, 5) is 64.4. The Labute approximate surface area is 298 Å². The predicted octanol–water partition coefficient (Wildman–Crippen LogP) is 3.40. The van der Waals surface area contributed by atoms with Crippen LogP contribution in [0.5, 0.6) is 0 Å². The van der Waals surface area contributed by atoms with Gasteiger partial charge in [-0.2, -0.15) is 0 Å². The summed E-state index contributed by atoms with van der Waals surface area (Å²) in [6.07, 6.45) is 6.00. The first kappa shape index (κ1) is 42.8. The van der Waals surface area contributed by atoms with Gasteiger partial charge in [0, 0.05) is 38.3 Å². The zero-order valence-corrected chi connectivity index (χ0v) is 32.3. The fraction of sp³-hybridized carbons (Fsp3) is 0.857. The lowest BCUT2D eigenvalue weighted by Gasteiger charge is -2.42. The van der Waals surface area contributed by atoms with Crippen molar-refractivity contribution >= 4 is 30.2 Å². The average molecular weight is 713 g/mol. The number of carbonyl (C=O) groups excluding carboxylic acids is 5. The molecule has 6 unspecified atom stereocenters. The normalized spacial score (nSPS) is 26.4. The quantitative estimate of drug-likeness (QED) is 0.235. The van der Waals surface area contributed by atoms with Crippen LogP contribution in [0, 0.1) is 11.8 Å². The topological polar surface area (TPSA) is 177 Å². The molecule has 4 aliphatic rings. The summed E-state index contributed by atoms with van der Waals surface area (Å²) >= 11 is 0. The van der Waals surface area contributed by atoms with Gasteiger partial charge in [-0.15, -0.1) is 0 Å². The number of fused-ring (bicyclic) bond motifs is 4. The number of ether oxygens (including phenoxy) is 4. The third kappa shape index (κ3) is 13.1. The van der Waals surface area contributed by atoms with Crippen molar-refractivity contribution in [1.29, 1.82) is 0 Å². The fourth-order valence-electron chi connectivity index (χ4n) is 7.27. The highest BCUT2D eigenvalue weighted by Crippen LogP contribution is 2.40. The summed E-state index contributed by atoms with van der Waals surface area (Å²) in [5, 5.41) is 11.7. The van der Waals surface area contributed by atoms with E-state index in [1.807, 2.05) is 19.0 Å². The Morgan fingerprint density at radius 1 is 0.680 bits per heavy atom. The van der Waals surface area contributed by atoms with Crippen molar-refractivity contribution in [2.24, 2.45) is 11.8 Å². The number of hydrogen-bond acceptors (Lipinski definition) is 11. The van der Waals surface area contributed by atoms with Gasteiger partial charge in [0.25, 0.3) is 0 Å². The lowest BCUT2D eigenvalue weighted by atomic mass is 9.85.